The van der Waals surface area contributed by atoms with Gasteiger partial charge in [-0.15, -0.1) is 19.8 Å². The Balaban J connectivity index is 1.54. The van der Waals surface area contributed by atoms with Gasteiger partial charge >= 0.3 is 12.3 Å². The number of likely N-dealkylation sites (N-methyl/N-ethyl adjacent to an activating group) is 1. The van der Waals surface area contributed by atoms with Gasteiger partial charge < -0.3 is 14.4 Å². The Morgan fingerprint density at radius 3 is 2.62 bits per heavy atom. The second kappa shape index (κ2) is 12.3. The molecule has 1 saturated heterocycles. The summed E-state index contributed by atoms with van der Waals surface area (Å²) in [6, 6.07) is 13.2. The van der Waals surface area contributed by atoms with Gasteiger partial charge in [0.1, 0.15) is 11.5 Å². The van der Waals surface area contributed by atoms with Crippen LogP contribution >= 0.6 is 0 Å². The van der Waals surface area contributed by atoms with Gasteiger partial charge in [0.15, 0.2) is 0 Å². The lowest BCUT2D eigenvalue weighted by atomic mass is 9.57. The summed E-state index contributed by atoms with van der Waals surface area (Å²) in [5.41, 5.74) is 1.34. The first-order valence-electron chi connectivity index (χ1n) is 13.4. The molecule has 2 aliphatic rings. The molecule has 2 aromatic rings. The van der Waals surface area contributed by atoms with Gasteiger partial charge in [0, 0.05) is 44.6 Å². The SMILES string of the molecule is C=CCN1CCC2(c3cccc(OC(C)=O)c3)CC(N(C)C(=O)/C=C/c3cccc(OC(F)(F)F)c3)CCC2C1. The van der Waals surface area contributed by atoms with Crippen LogP contribution in [-0.2, 0) is 15.0 Å². The molecule has 0 bridgehead atoms. The number of ether oxygens (including phenoxy) is 2. The molecule has 0 N–H and O–H groups in total. The van der Waals surface area contributed by atoms with Crippen molar-refractivity contribution in [2.45, 2.75) is 50.4 Å². The van der Waals surface area contributed by atoms with E-state index >= 15 is 0 Å². The number of hydrogen-bond donors (Lipinski definition) is 0. The van der Waals surface area contributed by atoms with Crippen molar-refractivity contribution in [3.8, 4) is 11.5 Å². The first-order valence-corrected chi connectivity index (χ1v) is 13.4. The van der Waals surface area contributed by atoms with E-state index < -0.39 is 6.36 Å². The zero-order chi connectivity index (χ0) is 28.9. The van der Waals surface area contributed by atoms with Crippen LogP contribution in [0.5, 0.6) is 11.5 Å². The Morgan fingerprint density at radius 1 is 1.15 bits per heavy atom. The smallest absolute Gasteiger partial charge is 0.427 e. The molecule has 3 atom stereocenters. The van der Waals surface area contributed by atoms with Gasteiger partial charge in [-0.25, -0.2) is 0 Å². The molecule has 2 aromatic carbocycles. The predicted octanol–water partition coefficient (Wildman–Crippen LogP) is 5.98. The number of alkyl halides is 3. The fraction of sp³-hybridized carbons (Fsp3) is 0.419. The van der Waals surface area contributed by atoms with Gasteiger partial charge in [-0.05, 0) is 79.6 Å². The van der Waals surface area contributed by atoms with Gasteiger partial charge in [-0.3, -0.25) is 14.5 Å². The van der Waals surface area contributed by atoms with Crippen molar-refractivity contribution >= 4 is 18.0 Å². The summed E-state index contributed by atoms with van der Waals surface area (Å²) in [7, 11) is 1.77. The maximum atomic E-state index is 13.2. The average Bonchev–Trinajstić information content (AvgIpc) is 2.90. The van der Waals surface area contributed by atoms with Crippen LogP contribution in [0.4, 0.5) is 13.2 Å². The molecule has 1 saturated carbocycles. The fourth-order valence-corrected chi connectivity index (χ4v) is 6.18. The summed E-state index contributed by atoms with van der Waals surface area (Å²) in [6.45, 7) is 7.90. The number of benzene rings is 2. The number of piperidine rings is 1. The van der Waals surface area contributed by atoms with Crippen LogP contribution in [-0.4, -0.2) is 60.8 Å². The molecule has 4 rings (SSSR count). The number of amides is 1. The predicted molar refractivity (Wildman–Crippen MR) is 147 cm³/mol. The van der Waals surface area contributed by atoms with Gasteiger partial charge in [-0.2, -0.15) is 0 Å². The Morgan fingerprint density at radius 2 is 1.90 bits per heavy atom. The minimum absolute atomic E-state index is 0.0309. The molecule has 2 fully saturated rings. The van der Waals surface area contributed by atoms with E-state index in [1.54, 1.807) is 24.1 Å². The third-order valence-corrected chi connectivity index (χ3v) is 8.05. The molecule has 3 unspecified atom stereocenters. The molecule has 1 heterocycles. The third kappa shape index (κ3) is 7.13. The highest BCUT2D eigenvalue weighted by Gasteiger charge is 2.49. The second-order valence-electron chi connectivity index (χ2n) is 10.6. The Labute approximate surface area is 233 Å². The largest absolute Gasteiger partial charge is 0.573 e. The molecule has 0 aromatic heterocycles. The molecule has 6 nitrogen and oxygen atoms in total. The van der Waals surface area contributed by atoms with Gasteiger partial charge in [0.2, 0.25) is 5.91 Å². The van der Waals surface area contributed by atoms with E-state index in [2.05, 4.69) is 22.3 Å². The van der Waals surface area contributed by atoms with Gasteiger partial charge in [0.25, 0.3) is 0 Å². The fourth-order valence-electron chi connectivity index (χ4n) is 6.18. The Hall–Kier alpha value is -3.59. The minimum Gasteiger partial charge on any atom is -0.427 e. The highest BCUT2D eigenvalue weighted by atomic mass is 19.4. The number of esters is 1. The lowest BCUT2D eigenvalue weighted by Crippen LogP contribution is -2.56. The maximum absolute atomic E-state index is 13.2. The third-order valence-electron chi connectivity index (χ3n) is 8.05. The standard InChI is InChI=1S/C31H35F3N2O4/c1-4-16-36-17-15-30(24-8-6-9-27(19-24)39-22(2)37)20-26(13-12-25(30)21-36)35(3)29(38)14-11-23-7-5-10-28(18-23)40-31(32,33)34/h4-11,14,18-19,25-26H,1,12-13,15-17,20-21H2,2-3H3/b14-11+. The number of carbonyl (C=O) groups excluding carboxylic acids is 2. The molecule has 9 heteroatoms. The Kier molecular flexibility index (Phi) is 9.03. The summed E-state index contributed by atoms with van der Waals surface area (Å²) in [5.74, 6) is -0.0625. The number of hydrogen-bond acceptors (Lipinski definition) is 5. The van der Waals surface area contributed by atoms with Crippen molar-refractivity contribution < 1.29 is 32.2 Å². The number of halogens is 3. The summed E-state index contributed by atoms with van der Waals surface area (Å²) >= 11 is 0. The summed E-state index contributed by atoms with van der Waals surface area (Å²) in [5, 5.41) is 0. The molecular weight excluding hydrogens is 521 g/mol. The molecule has 0 radical (unpaired) electrons. The van der Waals surface area contributed by atoms with Crippen LogP contribution < -0.4 is 9.47 Å². The van der Waals surface area contributed by atoms with Crippen molar-refractivity contribution in [2.24, 2.45) is 5.92 Å². The maximum Gasteiger partial charge on any atom is 0.573 e. The van der Waals surface area contributed by atoms with Crippen molar-refractivity contribution in [1.82, 2.24) is 9.80 Å². The van der Waals surface area contributed by atoms with E-state index in [1.165, 1.54) is 37.3 Å². The molecule has 1 amide bonds. The second-order valence-corrected chi connectivity index (χ2v) is 10.6. The number of nitrogens with zero attached hydrogens (tertiary/aromatic N) is 2. The van der Waals surface area contributed by atoms with Crippen LogP contribution in [0.1, 0.15) is 43.7 Å². The number of carbonyl (C=O) groups is 2. The number of fused-ring (bicyclic) bond motifs is 1. The normalized spacial score (nSPS) is 23.3. The van der Waals surface area contributed by atoms with Crippen LogP contribution in [0.3, 0.4) is 0 Å². The quantitative estimate of drug-likeness (QED) is 0.173. The topological polar surface area (TPSA) is 59.1 Å². The minimum atomic E-state index is -4.79. The zero-order valence-corrected chi connectivity index (χ0v) is 22.8. The van der Waals surface area contributed by atoms with Crippen molar-refractivity contribution in [1.29, 1.82) is 0 Å². The summed E-state index contributed by atoms with van der Waals surface area (Å²) < 4.78 is 47.1. The van der Waals surface area contributed by atoms with E-state index in [9.17, 15) is 22.8 Å². The van der Waals surface area contributed by atoms with Crippen LogP contribution in [0.15, 0.2) is 67.3 Å². The molecule has 214 valence electrons. The Bertz CT molecular complexity index is 1260. The van der Waals surface area contributed by atoms with Crippen molar-refractivity contribution in [2.75, 3.05) is 26.7 Å². The molecule has 40 heavy (non-hydrogen) atoms. The van der Waals surface area contributed by atoms with Gasteiger partial charge in [-0.1, -0.05) is 30.3 Å². The van der Waals surface area contributed by atoms with Crippen LogP contribution in [0.2, 0.25) is 0 Å². The van der Waals surface area contributed by atoms with Crippen LogP contribution in [0, 0.1) is 5.92 Å². The highest BCUT2D eigenvalue weighted by Crippen LogP contribution is 2.50. The van der Waals surface area contributed by atoms with Gasteiger partial charge in [0.05, 0.1) is 0 Å². The lowest BCUT2D eigenvalue weighted by molar-refractivity contribution is -0.274. The molecule has 1 aliphatic carbocycles. The van der Waals surface area contributed by atoms with Crippen molar-refractivity contribution in [3.05, 3.63) is 78.4 Å². The molecular formula is C31H35F3N2O4. The highest BCUT2D eigenvalue weighted by molar-refractivity contribution is 5.91. The summed E-state index contributed by atoms with van der Waals surface area (Å²) in [4.78, 5) is 28.9. The number of rotatable bonds is 8. The lowest BCUT2D eigenvalue weighted by Gasteiger charge is -2.54. The van der Waals surface area contributed by atoms with E-state index in [4.69, 9.17) is 4.74 Å². The van der Waals surface area contributed by atoms with E-state index in [-0.39, 0.29) is 29.1 Å². The van der Waals surface area contributed by atoms with Crippen molar-refractivity contribution in [3.63, 3.8) is 0 Å². The summed E-state index contributed by atoms with van der Waals surface area (Å²) in [6.07, 6.45) is 3.44. The zero-order valence-electron chi connectivity index (χ0n) is 22.8. The first-order chi connectivity index (χ1) is 19.0. The number of likely N-dealkylation sites (tertiary alicyclic amines) is 1. The monoisotopic (exact) mass is 556 g/mol. The average molecular weight is 557 g/mol. The first kappa shape index (κ1) is 29.4. The molecule has 1 aliphatic heterocycles. The van der Waals surface area contributed by atoms with E-state index in [1.807, 2.05) is 18.2 Å². The molecule has 0 spiro atoms. The van der Waals surface area contributed by atoms with E-state index in [0.717, 1.165) is 50.9 Å². The van der Waals surface area contributed by atoms with Crippen LogP contribution in [0.25, 0.3) is 6.08 Å². The van der Waals surface area contributed by atoms with E-state index in [0.29, 0.717) is 17.2 Å².